The van der Waals surface area contributed by atoms with E-state index in [1.165, 1.54) is 18.5 Å². The van der Waals surface area contributed by atoms with Crippen LogP contribution < -0.4 is 16.4 Å². The van der Waals surface area contributed by atoms with Crippen molar-refractivity contribution in [1.82, 2.24) is 20.3 Å². The molecule has 0 bridgehead atoms. The highest BCUT2D eigenvalue weighted by molar-refractivity contribution is 5.99. The number of carbonyl (C=O) groups is 1. The lowest BCUT2D eigenvalue weighted by atomic mass is 10.0. The van der Waals surface area contributed by atoms with E-state index in [0.717, 1.165) is 0 Å². The van der Waals surface area contributed by atoms with Gasteiger partial charge in [-0.05, 0) is 38.1 Å². The number of carbonyl (C=O) groups excluding carboxylic acids is 1. The molecule has 28 heavy (non-hydrogen) atoms. The average molecular weight is 379 g/mol. The number of amides is 1. The van der Waals surface area contributed by atoms with Crippen molar-refractivity contribution in [2.24, 2.45) is 0 Å². The minimum Gasteiger partial charge on any atom is -0.382 e. The van der Waals surface area contributed by atoms with Gasteiger partial charge in [0.25, 0.3) is 5.91 Å². The first kappa shape index (κ1) is 19.0. The van der Waals surface area contributed by atoms with Crippen LogP contribution in [0.1, 0.15) is 41.5 Å². The fourth-order valence-electron chi connectivity index (χ4n) is 2.82. The predicted octanol–water partition coefficient (Wildman–Crippen LogP) is 2.54. The number of benzene rings is 1. The molecule has 4 N–H and O–H groups in total. The number of nitriles is 1. The molecule has 0 fully saturated rings. The van der Waals surface area contributed by atoms with Crippen LogP contribution in [-0.2, 0) is 0 Å². The van der Waals surface area contributed by atoms with Crippen LogP contribution in [0.2, 0.25) is 0 Å². The highest BCUT2D eigenvalue weighted by Crippen LogP contribution is 2.26. The summed E-state index contributed by atoms with van der Waals surface area (Å²) >= 11 is 0. The second-order valence-electron chi connectivity index (χ2n) is 6.08. The highest BCUT2D eigenvalue weighted by atomic mass is 19.1. The van der Waals surface area contributed by atoms with Gasteiger partial charge in [0.05, 0.1) is 22.8 Å². The number of nitrogen functional groups attached to an aromatic ring is 1. The molecule has 1 aromatic carbocycles. The zero-order valence-electron chi connectivity index (χ0n) is 15.3. The zero-order chi connectivity index (χ0) is 20.3. The summed E-state index contributed by atoms with van der Waals surface area (Å²) in [4.78, 5) is 25.0. The lowest BCUT2D eigenvalue weighted by Gasteiger charge is -2.19. The van der Waals surface area contributed by atoms with E-state index >= 15 is 0 Å². The second-order valence-corrected chi connectivity index (χ2v) is 6.08. The monoisotopic (exact) mass is 379 g/mol. The molecule has 1 amide bonds. The normalized spacial score (nSPS) is 11.6. The van der Waals surface area contributed by atoms with E-state index in [4.69, 9.17) is 5.73 Å². The lowest BCUT2D eigenvalue weighted by Crippen LogP contribution is -2.26. The fourth-order valence-corrected chi connectivity index (χ4v) is 2.82. The van der Waals surface area contributed by atoms with Crippen molar-refractivity contribution in [3.05, 3.63) is 53.2 Å². The molecule has 8 nitrogen and oxygen atoms in total. The van der Waals surface area contributed by atoms with Crippen LogP contribution in [0.25, 0.3) is 10.9 Å². The Labute approximate surface area is 160 Å². The van der Waals surface area contributed by atoms with E-state index in [-0.39, 0.29) is 23.1 Å². The number of hydrogen-bond acceptors (Lipinski definition) is 7. The second kappa shape index (κ2) is 7.84. The van der Waals surface area contributed by atoms with Crippen molar-refractivity contribution in [2.45, 2.75) is 19.9 Å². The Balaban J connectivity index is 2.08. The van der Waals surface area contributed by atoms with Gasteiger partial charge in [-0.3, -0.25) is 4.79 Å². The van der Waals surface area contributed by atoms with Crippen LogP contribution in [0.15, 0.2) is 30.6 Å². The summed E-state index contributed by atoms with van der Waals surface area (Å²) < 4.78 is 13.6. The lowest BCUT2D eigenvalue weighted by molar-refractivity contribution is 0.0954. The van der Waals surface area contributed by atoms with E-state index in [9.17, 15) is 14.4 Å². The fraction of sp³-hybridized carbons (Fsp3) is 0.211. The first-order valence-electron chi connectivity index (χ1n) is 8.60. The number of pyridine rings is 1. The Morgan fingerprint density at radius 1 is 1.36 bits per heavy atom. The van der Waals surface area contributed by atoms with Crippen molar-refractivity contribution in [2.75, 3.05) is 17.6 Å². The molecule has 0 saturated carbocycles. The number of nitrogens with one attached hydrogen (secondary N) is 2. The van der Waals surface area contributed by atoms with Crippen LogP contribution in [0, 0.1) is 17.1 Å². The first-order valence-corrected chi connectivity index (χ1v) is 8.60. The van der Waals surface area contributed by atoms with Gasteiger partial charge >= 0.3 is 0 Å². The topological polar surface area (TPSA) is 130 Å². The summed E-state index contributed by atoms with van der Waals surface area (Å²) in [6.07, 6.45) is 1.24. The molecule has 1 atom stereocenters. The molecule has 0 unspecified atom stereocenters. The number of aromatic nitrogens is 3. The molecule has 142 valence electrons. The summed E-state index contributed by atoms with van der Waals surface area (Å²) in [6, 6.07) is 7.25. The van der Waals surface area contributed by atoms with Gasteiger partial charge in [0.1, 0.15) is 35.4 Å². The molecule has 2 heterocycles. The van der Waals surface area contributed by atoms with Crippen molar-refractivity contribution < 1.29 is 9.18 Å². The third-order valence-corrected chi connectivity index (χ3v) is 4.14. The van der Waals surface area contributed by atoms with Crippen LogP contribution in [-0.4, -0.2) is 27.4 Å². The third-order valence-electron chi connectivity index (χ3n) is 4.14. The Morgan fingerprint density at radius 3 is 2.86 bits per heavy atom. The van der Waals surface area contributed by atoms with E-state index in [1.807, 2.05) is 6.07 Å². The first-order chi connectivity index (χ1) is 13.4. The molecule has 2 aromatic heterocycles. The molecular weight excluding hydrogens is 361 g/mol. The quantitative estimate of drug-likeness (QED) is 0.621. The van der Waals surface area contributed by atoms with Crippen LogP contribution in [0.5, 0.6) is 0 Å². The molecule has 0 aliphatic heterocycles. The molecule has 9 heteroatoms. The van der Waals surface area contributed by atoms with Gasteiger partial charge in [0, 0.05) is 11.9 Å². The average Bonchev–Trinajstić information content (AvgIpc) is 2.67. The molecular formula is C19H18FN7O. The third kappa shape index (κ3) is 3.66. The smallest absolute Gasteiger partial charge is 0.253 e. The Morgan fingerprint density at radius 2 is 2.14 bits per heavy atom. The number of hydrogen-bond donors (Lipinski definition) is 3. The number of nitrogens with two attached hydrogens (primary N) is 1. The maximum atomic E-state index is 13.6. The molecule has 0 aliphatic rings. The van der Waals surface area contributed by atoms with Gasteiger partial charge in [-0.25, -0.2) is 19.3 Å². The SMILES string of the molecule is CCNC(=O)c1cc2cc(F)ccc2nc1[C@H](C)Nc1ncnc(N)c1C#N. The summed E-state index contributed by atoms with van der Waals surface area (Å²) in [7, 11) is 0. The van der Waals surface area contributed by atoms with Gasteiger partial charge in [0.2, 0.25) is 0 Å². The van der Waals surface area contributed by atoms with Crippen molar-refractivity contribution in [1.29, 1.82) is 5.26 Å². The summed E-state index contributed by atoms with van der Waals surface area (Å²) in [6.45, 7) is 4.01. The molecule has 0 spiro atoms. The minimum absolute atomic E-state index is 0.0538. The van der Waals surface area contributed by atoms with Crippen molar-refractivity contribution in [3.8, 4) is 6.07 Å². The van der Waals surface area contributed by atoms with Crippen LogP contribution in [0.4, 0.5) is 16.0 Å². The molecule has 3 aromatic rings. The molecule has 0 radical (unpaired) electrons. The van der Waals surface area contributed by atoms with Crippen molar-refractivity contribution in [3.63, 3.8) is 0 Å². The van der Waals surface area contributed by atoms with E-state index in [2.05, 4.69) is 25.6 Å². The zero-order valence-corrected chi connectivity index (χ0v) is 15.3. The summed E-state index contributed by atoms with van der Waals surface area (Å²) in [5.41, 5.74) is 7.12. The van der Waals surface area contributed by atoms with E-state index in [0.29, 0.717) is 28.7 Å². The van der Waals surface area contributed by atoms with Gasteiger partial charge in [0.15, 0.2) is 0 Å². The largest absolute Gasteiger partial charge is 0.382 e. The molecule has 3 rings (SSSR count). The Kier molecular flexibility index (Phi) is 5.31. The maximum absolute atomic E-state index is 13.6. The number of halogens is 1. The Hall–Kier alpha value is -3.80. The van der Waals surface area contributed by atoms with Gasteiger partial charge in [-0.15, -0.1) is 0 Å². The van der Waals surface area contributed by atoms with Gasteiger partial charge < -0.3 is 16.4 Å². The number of nitrogens with zero attached hydrogens (tertiary/aromatic N) is 4. The summed E-state index contributed by atoms with van der Waals surface area (Å²) in [5, 5.41) is 15.6. The van der Waals surface area contributed by atoms with Crippen molar-refractivity contribution >= 4 is 28.4 Å². The molecule has 0 aliphatic carbocycles. The molecule has 0 saturated heterocycles. The van der Waals surface area contributed by atoms with E-state index in [1.54, 1.807) is 26.0 Å². The standard InChI is InChI=1S/C19H18FN7O/c1-3-23-19(28)13-7-11-6-12(20)4-5-15(11)27-16(13)10(2)26-18-14(8-21)17(22)24-9-25-18/h4-7,9-10H,3H2,1-2H3,(H,23,28)(H3,22,24,25,26)/t10-/m0/s1. The minimum atomic E-state index is -0.492. The maximum Gasteiger partial charge on any atom is 0.253 e. The van der Waals surface area contributed by atoms with Gasteiger partial charge in [-0.1, -0.05) is 0 Å². The predicted molar refractivity (Wildman–Crippen MR) is 103 cm³/mol. The van der Waals surface area contributed by atoms with Gasteiger partial charge in [-0.2, -0.15) is 5.26 Å². The van der Waals surface area contributed by atoms with Crippen LogP contribution in [0.3, 0.4) is 0 Å². The number of rotatable bonds is 5. The number of fused-ring (bicyclic) bond motifs is 1. The van der Waals surface area contributed by atoms with Crippen LogP contribution >= 0.6 is 0 Å². The highest BCUT2D eigenvalue weighted by Gasteiger charge is 2.21. The summed E-state index contributed by atoms with van der Waals surface area (Å²) in [5.74, 6) is -0.443. The Bertz CT molecular complexity index is 1090. The number of anilines is 2. The van der Waals surface area contributed by atoms with E-state index < -0.39 is 11.9 Å².